The molecule has 0 aliphatic carbocycles. The molecule has 6 heteroatoms. The Bertz CT molecular complexity index is 283. The number of likely N-dealkylation sites (N-methyl/N-ethyl adjacent to an activating group) is 2. The third-order valence-corrected chi connectivity index (χ3v) is 3.03. The fourth-order valence-electron chi connectivity index (χ4n) is 1.51. The van der Waals surface area contributed by atoms with Crippen LogP contribution in [0, 0.1) is 0 Å². The third kappa shape index (κ3) is 7.99. The molecule has 0 radical (unpaired) electrons. The van der Waals surface area contributed by atoms with Crippen molar-refractivity contribution in [3.05, 3.63) is 0 Å². The van der Waals surface area contributed by atoms with E-state index in [9.17, 15) is 9.59 Å². The molecule has 0 bridgehead atoms. The molecule has 0 spiro atoms. The van der Waals surface area contributed by atoms with Crippen molar-refractivity contribution in [3.8, 4) is 0 Å². The lowest BCUT2D eigenvalue weighted by molar-refractivity contribution is -0.129. The molecule has 3 amide bonds. The van der Waals surface area contributed by atoms with Crippen molar-refractivity contribution in [2.45, 2.75) is 26.2 Å². The second-order valence-electron chi connectivity index (χ2n) is 5.13. The number of ether oxygens (including phenoxy) is 1. The molecule has 0 unspecified atom stereocenters. The largest absolute Gasteiger partial charge is 0.381 e. The normalized spacial score (nSPS) is 14.2. The van der Waals surface area contributed by atoms with Gasteiger partial charge in [0.15, 0.2) is 0 Å². The highest BCUT2D eigenvalue weighted by Gasteiger charge is 2.20. The molecular formula is C14H29N3O3. The summed E-state index contributed by atoms with van der Waals surface area (Å²) in [6.45, 7) is 5.19. The van der Waals surface area contributed by atoms with Crippen LogP contribution in [0.4, 0.5) is 4.79 Å². The van der Waals surface area contributed by atoms with Gasteiger partial charge in [0.1, 0.15) is 0 Å². The molecule has 1 aliphatic rings. The number of rotatable bonds is 6. The molecule has 0 atom stereocenters. The molecule has 1 aliphatic heterocycles. The zero-order valence-electron chi connectivity index (χ0n) is 13.5. The number of carbonyl (C=O) groups excluding carboxylic acids is 2. The highest BCUT2D eigenvalue weighted by atomic mass is 16.5. The van der Waals surface area contributed by atoms with E-state index in [2.05, 4.69) is 6.92 Å². The smallest absolute Gasteiger partial charge is 0.319 e. The lowest BCUT2D eigenvalue weighted by Crippen LogP contribution is -2.25. The van der Waals surface area contributed by atoms with Gasteiger partial charge in [0.2, 0.25) is 5.91 Å². The Morgan fingerprint density at radius 2 is 1.75 bits per heavy atom. The van der Waals surface area contributed by atoms with Gasteiger partial charge in [-0.25, -0.2) is 4.79 Å². The van der Waals surface area contributed by atoms with Gasteiger partial charge in [-0.05, 0) is 6.42 Å². The van der Waals surface area contributed by atoms with E-state index >= 15 is 0 Å². The number of hydrogen-bond acceptors (Lipinski definition) is 3. The van der Waals surface area contributed by atoms with Gasteiger partial charge in [0.25, 0.3) is 0 Å². The predicted molar refractivity (Wildman–Crippen MR) is 79.7 cm³/mol. The summed E-state index contributed by atoms with van der Waals surface area (Å²) in [6, 6.07) is 0.130. The summed E-state index contributed by atoms with van der Waals surface area (Å²) in [7, 11) is 7.14. The van der Waals surface area contributed by atoms with E-state index in [1.807, 2.05) is 14.1 Å². The minimum Gasteiger partial charge on any atom is -0.381 e. The molecule has 0 saturated carbocycles. The highest BCUT2D eigenvalue weighted by Crippen LogP contribution is 2.00. The van der Waals surface area contributed by atoms with Crippen LogP contribution in [-0.2, 0) is 9.53 Å². The number of hydrogen-bond donors (Lipinski definition) is 0. The first kappa shape index (κ1) is 18.7. The Hall–Kier alpha value is -1.30. The maximum atomic E-state index is 11.0. The molecule has 0 aromatic rings. The van der Waals surface area contributed by atoms with Gasteiger partial charge in [-0.15, -0.1) is 0 Å². The number of carbonyl (C=O) groups is 2. The minimum atomic E-state index is 0.130. The van der Waals surface area contributed by atoms with E-state index in [1.165, 1.54) is 0 Å². The van der Waals surface area contributed by atoms with E-state index in [1.54, 1.807) is 28.8 Å². The van der Waals surface area contributed by atoms with Crippen molar-refractivity contribution < 1.29 is 14.3 Å². The van der Waals surface area contributed by atoms with Crippen LogP contribution in [0.25, 0.3) is 0 Å². The molecule has 1 saturated heterocycles. The van der Waals surface area contributed by atoms with Gasteiger partial charge in [0.05, 0.1) is 13.0 Å². The van der Waals surface area contributed by atoms with Gasteiger partial charge in [0, 0.05) is 47.9 Å². The van der Waals surface area contributed by atoms with Crippen LogP contribution in [0.5, 0.6) is 0 Å². The average Bonchev–Trinajstić information content (AvgIpc) is 2.70. The Balaban J connectivity index is 0.000000388. The van der Waals surface area contributed by atoms with Crippen LogP contribution in [-0.4, -0.2) is 81.1 Å². The van der Waals surface area contributed by atoms with Crippen LogP contribution in [0.2, 0.25) is 0 Å². The SMILES string of the molecule is CCCCOCCC(=O)N(C)C.CN1CCN(C)C1=O. The molecule has 1 rings (SSSR count). The Labute approximate surface area is 122 Å². The van der Waals surface area contributed by atoms with Gasteiger partial charge in [-0.3, -0.25) is 4.79 Å². The maximum absolute atomic E-state index is 11.0. The van der Waals surface area contributed by atoms with Crippen LogP contribution in [0.1, 0.15) is 26.2 Å². The first-order valence-electron chi connectivity index (χ1n) is 7.14. The van der Waals surface area contributed by atoms with Gasteiger partial charge in [-0.1, -0.05) is 13.3 Å². The summed E-state index contributed by atoms with van der Waals surface area (Å²) >= 11 is 0. The molecule has 1 heterocycles. The average molecular weight is 287 g/mol. The molecule has 1 fully saturated rings. The summed E-state index contributed by atoms with van der Waals surface area (Å²) in [5.74, 6) is 0.131. The quantitative estimate of drug-likeness (QED) is 0.691. The number of nitrogens with zero attached hydrogens (tertiary/aromatic N) is 3. The lowest BCUT2D eigenvalue weighted by atomic mass is 10.3. The fourth-order valence-corrected chi connectivity index (χ4v) is 1.51. The highest BCUT2D eigenvalue weighted by molar-refractivity contribution is 5.76. The molecule has 0 N–H and O–H groups in total. The Morgan fingerprint density at radius 1 is 1.20 bits per heavy atom. The molecule has 118 valence electrons. The Morgan fingerprint density at radius 3 is 2.10 bits per heavy atom. The van der Waals surface area contributed by atoms with Gasteiger partial charge >= 0.3 is 6.03 Å². The van der Waals surface area contributed by atoms with Crippen LogP contribution >= 0.6 is 0 Å². The monoisotopic (exact) mass is 287 g/mol. The first-order valence-corrected chi connectivity index (χ1v) is 7.14. The van der Waals surface area contributed by atoms with Crippen LogP contribution in [0.3, 0.4) is 0 Å². The molecule has 0 aromatic carbocycles. The second-order valence-corrected chi connectivity index (χ2v) is 5.13. The molecule has 20 heavy (non-hydrogen) atoms. The van der Waals surface area contributed by atoms with Gasteiger partial charge in [-0.2, -0.15) is 0 Å². The van der Waals surface area contributed by atoms with Crippen molar-refractivity contribution >= 4 is 11.9 Å². The Kier molecular flexibility index (Phi) is 9.80. The van der Waals surface area contributed by atoms with Crippen molar-refractivity contribution in [3.63, 3.8) is 0 Å². The number of urea groups is 1. The molecule has 0 aromatic heterocycles. The fraction of sp³-hybridized carbons (Fsp3) is 0.857. The maximum Gasteiger partial charge on any atom is 0.319 e. The van der Waals surface area contributed by atoms with Crippen molar-refractivity contribution in [1.29, 1.82) is 0 Å². The molecular weight excluding hydrogens is 258 g/mol. The zero-order valence-corrected chi connectivity index (χ0v) is 13.5. The molecule has 6 nitrogen and oxygen atoms in total. The van der Waals surface area contributed by atoms with E-state index in [-0.39, 0.29) is 11.9 Å². The van der Waals surface area contributed by atoms with E-state index in [4.69, 9.17) is 4.74 Å². The third-order valence-electron chi connectivity index (χ3n) is 3.03. The van der Waals surface area contributed by atoms with E-state index in [0.717, 1.165) is 32.5 Å². The standard InChI is InChI=1S/C9H19NO2.C5H10N2O/c1-4-5-7-12-8-6-9(11)10(2)3;1-6-3-4-7(2)5(6)8/h4-8H2,1-3H3;3-4H2,1-2H3. The summed E-state index contributed by atoms with van der Waals surface area (Å²) in [5, 5.41) is 0. The summed E-state index contributed by atoms with van der Waals surface area (Å²) in [5.41, 5.74) is 0. The first-order chi connectivity index (χ1) is 9.40. The summed E-state index contributed by atoms with van der Waals surface area (Å²) in [6.07, 6.45) is 2.72. The van der Waals surface area contributed by atoms with Gasteiger partial charge < -0.3 is 19.4 Å². The van der Waals surface area contributed by atoms with Crippen molar-refractivity contribution in [2.75, 3.05) is 54.5 Å². The van der Waals surface area contributed by atoms with E-state index in [0.29, 0.717) is 13.0 Å². The van der Waals surface area contributed by atoms with Crippen molar-refractivity contribution in [1.82, 2.24) is 14.7 Å². The zero-order chi connectivity index (χ0) is 15.5. The van der Waals surface area contributed by atoms with Crippen LogP contribution in [0.15, 0.2) is 0 Å². The summed E-state index contributed by atoms with van der Waals surface area (Å²) in [4.78, 5) is 26.8. The minimum absolute atomic E-state index is 0.130. The lowest BCUT2D eigenvalue weighted by Gasteiger charge is -2.09. The predicted octanol–water partition coefficient (Wildman–Crippen LogP) is 1.27. The van der Waals surface area contributed by atoms with E-state index < -0.39 is 0 Å². The number of amides is 3. The van der Waals surface area contributed by atoms with Crippen molar-refractivity contribution in [2.24, 2.45) is 0 Å². The summed E-state index contributed by atoms with van der Waals surface area (Å²) < 4.78 is 5.25. The number of unbranched alkanes of at least 4 members (excludes halogenated alkanes) is 1. The van der Waals surface area contributed by atoms with Crippen LogP contribution < -0.4 is 0 Å². The topological polar surface area (TPSA) is 53.1 Å². The second kappa shape index (κ2) is 10.5.